The summed E-state index contributed by atoms with van der Waals surface area (Å²) in [6, 6.07) is 1.99. The number of rotatable bonds is 2. The minimum atomic E-state index is 0.111. The second-order valence-corrected chi connectivity index (χ2v) is 4.29. The number of nitrogens with zero attached hydrogens (tertiary/aromatic N) is 2. The van der Waals surface area contributed by atoms with Gasteiger partial charge < -0.3 is 5.73 Å². The van der Waals surface area contributed by atoms with Gasteiger partial charge in [0.15, 0.2) is 0 Å². The molecule has 0 bridgehead atoms. The van der Waals surface area contributed by atoms with Crippen LogP contribution in [0.15, 0.2) is 18.5 Å². The maximum atomic E-state index is 5.94. The van der Waals surface area contributed by atoms with Crippen LogP contribution in [0.4, 0.5) is 0 Å². The Morgan fingerprint density at radius 2 is 1.93 bits per heavy atom. The summed E-state index contributed by atoms with van der Waals surface area (Å²) in [5, 5.41) is 4.36. The Bertz CT molecular complexity index is 258. The molecule has 1 heterocycles. The molecule has 0 radical (unpaired) electrons. The Labute approximate surface area is 85.3 Å². The number of hydrogen-bond acceptors (Lipinski definition) is 2. The molecular formula is C11H19N3. The van der Waals surface area contributed by atoms with Crippen LogP contribution >= 0.6 is 0 Å². The monoisotopic (exact) mass is 193 g/mol. The molecule has 0 spiro atoms. The van der Waals surface area contributed by atoms with Crippen LogP contribution in [0.3, 0.4) is 0 Å². The number of nitrogens with two attached hydrogens (primary N) is 1. The SMILES string of the molecule is NCC1(n2cccn2)CCCCCC1. The molecule has 1 aliphatic rings. The van der Waals surface area contributed by atoms with Crippen molar-refractivity contribution in [3.05, 3.63) is 18.5 Å². The zero-order chi connectivity index (χ0) is 9.86. The van der Waals surface area contributed by atoms with E-state index in [0.717, 1.165) is 0 Å². The molecule has 3 nitrogen and oxygen atoms in total. The van der Waals surface area contributed by atoms with E-state index in [1.807, 2.05) is 12.3 Å². The van der Waals surface area contributed by atoms with Crippen LogP contribution in [0.5, 0.6) is 0 Å². The van der Waals surface area contributed by atoms with E-state index in [1.165, 1.54) is 38.5 Å². The molecular weight excluding hydrogens is 174 g/mol. The lowest BCUT2D eigenvalue weighted by molar-refractivity contribution is 0.229. The summed E-state index contributed by atoms with van der Waals surface area (Å²) in [6.07, 6.45) is 11.6. The van der Waals surface area contributed by atoms with E-state index in [0.29, 0.717) is 6.54 Å². The molecule has 1 aliphatic carbocycles. The van der Waals surface area contributed by atoms with Crippen molar-refractivity contribution in [1.29, 1.82) is 0 Å². The van der Waals surface area contributed by atoms with E-state index in [4.69, 9.17) is 5.73 Å². The lowest BCUT2D eigenvalue weighted by Gasteiger charge is -2.31. The van der Waals surface area contributed by atoms with E-state index in [9.17, 15) is 0 Å². The van der Waals surface area contributed by atoms with Crippen molar-refractivity contribution in [3.63, 3.8) is 0 Å². The van der Waals surface area contributed by atoms with Crippen molar-refractivity contribution in [1.82, 2.24) is 9.78 Å². The van der Waals surface area contributed by atoms with Crippen molar-refractivity contribution >= 4 is 0 Å². The van der Waals surface area contributed by atoms with Crippen LogP contribution in [-0.4, -0.2) is 16.3 Å². The van der Waals surface area contributed by atoms with Gasteiger partial charge in [0.25, 0.3) is 0 Å². The normalized spacial score (nSPS) is 21.8. The van der Waals surface area contributed by atoms with Gasteiger partial charge in [0.05, 0.1) is 5.54 Å². The Balaban J connectivity index is 2.23. The molecule has 0 aromatic carbocycles. The lowest BCUT2D eigenvalue weighted by atomic mass is 9.90. The topological polar surface area (TPSA) is 43.8 Å². The Hall–Kier alpha value is -0.830. The first kappa shape index (κ1) is 9.71. The fourth-order valence-electron chi connectivity index (χ4n) is 2.46. The Morgan fingerprint density at radius 3 is 2.43 bits per heavy atom. The molecule has 1 fully saturated rings. The van der Waals surface area contributed by atoms with Crippen molar-refractivity contribution < 1.29 is 0 Å². The van der Waals surface area contributed by atoms with Gasteiger partial charge in [0.1, 0.15) is 0 Å². The first-order chi connectivity index (χ1) is 6.87. The third-order valence-corrected chi connectivity index (χ3v) is 3.40. The molecule has 0 saturated heterocycles. The zero-order valence-corrected chi connectivity index (χ0v) is 8.65. The summed E-state index contributed by atoms with van der Waals surface area (Å²) in [6.45, 7) is 0.717. The van der Waals surface area contributed by atoms with Crippen LogP contribution in [-0.2, 0) is 5.54 Å². The highest BCUT2D eigenvalue weighted by molar-refractivity contribution is 4.92. The standard InChI is InChI=1S/C11H19N3/c12-10-11(14-9-5-8-13-14)6-3-1-2-4-7-11/h5,8-9H,1-4,6-7,10,12H2. The summed E-state index contributed by atoms with van der Waals surface area (Å²) < 4.78 is 2.08. The second-order valence-electron chi connectivity index (χ2n) is 4.29. The minimum Gasteiger partial charge on any atom is -0.328 e. The van der Waals surface area contributed by atoms with Crippen molar-refractivity contribution in [2.24, 2.45) is 5.73 Å². The predicted molar refractivity (Wildman–Crippen MR) is 57.0 cm³/mol. The maximum Gasteiger partial charge on any atom is 0.0749 e. The van der Waals surface area contributed by atoms with E-state index in [2.05, 4.69) is 16.0 Å². The number of hydrogen-bond donors (Lipinski definition) is 1. The molecule has 0 aliphatic heterocycles. The summed E-state index contributed by atoms with van der Waals surface area (Å²) in [7, 11) is 0. The Morgan fingerprint density at radius 1 is 1.21 bits per heavy atom. The van der Waals surface area contributed by atoms with Crippen LogP contribution in [0.1, 0.15) is 38.5 Å². The van der Waals surface area contributed by atoms with Crippen LogP contribution in [0.25, 0.3) is 0 Å². The summed E-state index contributed by atoms with van der Waals surface area (Å²) in [4.78, 5) is 0. The molecule has 1 aromatic heterocycles. The highest BCUT2D eigenvalue weighted by Gasteiger charge is 2.31. The van der Waals surface area contributed by atoms with Gasteiger partial charge in [0.2, 0.25) is 0 Å². The van der Waals surface area contributed by atoms with Crippen molar-refractivity contribution in [2.75, 3.05) is 6.54 Å². The van der Waals surface area contributed by atoms with Gasteiger partial charge in [-0.25, -0.2) is 0 Å². The van der Waals surface area contributed by atoms with Gasteiger partial charge in [-0.15, -0.1) is 0 Å². The second kappa shape index (κ2) is 4.13. The molecule has 0 atom stereocenters. The van der Waals surface area contributed by atoms with Gasteiger partial charge >= 0.3 is 0 Å². The fraction of sp³-hybridized carbons (Fsp3) is 0.727. The molecule has 78 valence electrons. The molecule has 0 amide bonds. The van der Waals surface area contributed by atoms with Crippen molar-refractivity contribution in [3.8, 4) is 0 Å². The summed E-state index contributed by atoms with van der Waals surface area (Å²) >= 11 is 0. The highest BCUT2D eigenvalue weighted by Crippen LogP contribution is 2.32. The quantitative estimate of drug-likeness (QED) is 0.729. The van der Waals surface area contributed by atoms with Gasteiger partial charge in [-0.05, 0) is 18.9 Å². The van der Waals surface area contributed by atoms with E-state index in [-0.39, 0.29) is 5.54 Å². The molecule has 2 N–H and O–H groups in total. The number of aromatic nitrogens is 2. The van der Waals surface area contributed by atoms with Crippen LogP contribution < -0.4 is 5.73 Å². The third kappa shape index (κ3) is 1.69. The minimum absolute atomic E-state index is 0.111. The third-order valence-electron chi connectivity index (χ3n) is 3.40. The highest BCUT2D eigenvalue weighted by atomic mass is 15.3. The predicted octanol–water partition coefficient (Wildman–Crippen LogP) is 1.89. The smallest absolute Gasteiger partial charge is 0.0749 e. The maximum absolute atomic E-state index is 5.94. The zero-order valence-electron chi connectivity index (χ0n) is 8.65. The van der Waals surface area contributed by atoms with Gasteiger partial charge in [-0.3, -0.25) is 4.68 Å². The van der Waals surface area contributed by atoms with Crippen LogP contribution in [0, 0.1) is 0 Å². The average molecular weight is 193 g/mol. The summed E-state index contributed by atoms with van der Waals surface area (Å²) in [5.74, 6) is 0. The molecule has 1 aromatic rings. The molecule has 3 heteroatoms. The van der Waals surface area contributed by atoms with Crippen molar-refractivity contribution in [2.45, 2.75) is 44.1 Å². The van der Waals surface area contributed by atoms with Crippen LogP contribution in [0.2, 0.25) is 0 Å². The first-order valence-corrected chi connectivity index (χ1v) is 5.58. The molecule has 0 unspecified atom stereocenters. The average Bonchev–Trinajstić information content (AvgIpc) is 2.64. The van der Waals surface area contributed by atoms with Gasteiger partial charge in [0, 0.05) is 18.9 Å². The van der Waals surface area contributed by atoms with Gasteiger partial charge in [-0.2, -0.15) is 5.10 Å². The first-order valence-electron chi connectivity index (χ1n) is 5.58. The van der Waals surface area contributed by atoms with Gasteiger partial charge in [-0.1, -0.05) is 25.7 Å². The Kier molecular flexibility index (Phi) is 2.87. The molecule has 2 rings (SSSR count). The van der Waals surface area contributed by atoms with E-state index in [1.54, 1.807) is 0 Å². The van der Waals surface area contributed by atoms with E-state index >= 15 is 0 Å². The lowest BCUT2D eigenvalue weighted by Crippen LogP contribution is -2.41. The molecule has 1 saturated carbocycles. The summed E-state index contributed by atoms with van der Waals surface area (Å²) in [5.41, 5.74) is 6.05. The largest absolute Gasteiger partial charge is 0.328 e. The molecule has 14 heavy (non-hydrogen) atoms. The van der Waals surface area contributed by atoms with E-state index < -0.39 is 0 Å². The fourth-order valence-corrected chi connectivity index (χ4v) is 2.46.